The molecule has 1 aliphatic rings. The van der Waals surface area contributed by atoms with Crippen molar-refractivity contribution in [2.75, 3.05) is 0 Å². The van der Waals surface area contributed by atoms with Crippen LogP contribution in [0.25, 0.3) is 0 Å². The summed E-state index contributed by atoms with van der Waals surface area (Å²) < 4.78 is 0. The number of nitrogens with one attached hydrogen (secondary N) is 1. The number of carboxylic acids is 1. The van der Waals surface area contributed by atoms with E-state index in [0.29, 0.717) is 5.02 Å². The van der Waals surface area contributed by atoms with Crippen molar-refractivity contribution in [3.05, 3.63) is 33.8 Å². The van der Waals surface area contributed by atoms with Gasteiger partial charge in [-0.3, -0.25) is 4.79 Å². The van der Waals surface area contributed by atoms with Gasteiger partial charge in [-0.25, -0.2) is 4.79 Å². The van der Waals surface area contributed by atoms with Gasteiger partial charge < -0.3 is 10.4 Å². The topological polar surface area (TPSA) is 66.4 Å². The van der Waals surface area contributed by atoms with Crippen LogP contribution in [0.1, 0.15) is 30.1 Å². The fourth-order valence-corrected chi connectivity index (χ4v) is 2.34. The van der Waals surface area contributed by atoms with Crippen molar-refractivity contribution in [1.29, 1.82) is 0 Å². The molecular weight excluding hydrogens is 289 g/mol. The number of hydrogen-bond acceptors (Lipinski definition) is 2. The predicted molar refractivity (Wildman–Crippen MR) is 72.7 cm³/mol. The van der Waals surface area contributed by atoms with Crippen molar-refractivity contribution in [3.8, 4) is 0 Å². The van der Waals surface area contributed by atoms with E-state index in [1.165, 1.54) is 19.1 Å². The summed E-state index contributed by atoms with van der Waals surface area (Å²) in [4.78, 5) is 23.5. The van der Waals surface area contributed by atoms with Crippen LogP contribution in [0.2, 0.25) is 10.0 Å². The van der Waals surface area contributed by atoms with E-state index < -0.39 is 17.4 Å². The summed E-state index contributed by atoms with van der Waals surface area (Å²) in [5, 5.41) is 12.5. The SMILES string of the molecule is CC(NC(=O)c1cc(Cl)ccc1Cl)(C(=O)O)C1CC1. The number of aliphatic carboxylic acids is 1. The molecule has 1 aliphatic carbocycles. The van der Waals surface area contributed by atoms with Gasteiger partial charge in [-0.1, -0.05) is 23.2 Å². The Morgan fingerprint density at radius 2 is 2.00 bits per heavy atom. The van der Waals surface area contributed by atoms with Crippen molar-refractivity contribution >= 4 is 35.1 Å². The second-order valence-electron chi connectivity index (χ2n) is 4.86. The van der Waals surface area contributed by atoms with E-state index in [0.717, 1.165) is 12.8 Å². The molecule has 19 heavy (non-hydrogen) atoms. The van der Waals surface area contributed by atoms with Crippen LogP contribution in [-0.2, 0) is 4.79 Å². The van der Waals surface area contributed by atoms with Crippen LogP contribution in [-0.4, -0.2) is 22.5 Å². The van der Waals surface area contributed by atoms with Crippen molar-refractivity contribution in [2.24, 2.45) is 5.92 Å². The maximum atomic E-state index is 12.2. The zero-order valence-electron chi connectivity index (χ0n) is 10.2. The van der Waals surface area contributed by atoms with Crippen LogP contribution in [0.15, 0.2) is 18.2 Å². The van der Waals surface area contributed by atoms with Gasteiger partial charge in [0.15, 0.2) is 0 Å². The molecule has 1 amide bonds. The largest absolute Gasteiger partial charge is 0.480 e. The summed E-state index contributed by atoms with van der Waals surface area (Å²) in [5.74, 6) is -1.60. The van der Waals surface area contributed by atoms with E-state index in [9.17, 15) is 14.7 Å². The molecule has 0 aromatic heterocycles. The van der Waals surface area contributed by atoms with Crippen molar-refractivity contribution in [1.82, 2.24) is 5.32 Å². The van der Waals surface area contributed by atoms with E-state index in [2.05, 4.69) is 5.32 Å². The third kappa shape index (κ3) is 2.85. The maximum Gasteiger partial charge on any atom is 0.329 e. The summed E-state index contributed by atoms with van der Waals surface area (Å²) in [6.07, 6.45) is 1.60. The highest BCUT2D eigenvalue weighted by Crippen LogP contribution is 2.40. The minimum Gasteiger partial charge on any atom is -0.480 e. The van der Waals surface area contributed by atoms with Gasteiger partial charge >= 0.3 is 5.97 Å². The summed E-state index contributed by atoms with van der Waals surface area (Å²) >= 11 is 11.7. The molecule has 1 fully saturated rings. The Morgan fingerprint density at radius 3 is 2.53 bits per heavy atom. The first-order valence-corrected chi connectivity index (χ1v) is 6.61. The molecular formula is C13H13Cl2NO3. The first kappa shape index (κ1) is 14.2. The summed E-state index contributed by atoms with van der Waals surface area (Å²) in [7, 11) is 0. The van der Waals surface area contributed by atoms with Crippen LogP contribution in [0.4, 0.5) is 0 Å². The molecule has 1 aromatic rings. The highest BCUT2D eigenvalue weighted by molar-refractivity contribution is 6.35. The molecule has 1 unspecified atom stereocenters. The first-order chi connectivity index (χ1) is 8.84. The Labute approximate surface area is 120 Å². The van der Waals surface area contributed by atoms with Crippen LogP contribution in [0.3, 0.4) is 0 Å². The molecule has 1 atom stereocenters. The minimum atomic E-state index is -1.26. The fraction of sp³-hybridized carbons (Fsp3) is 0.385. The van der Waals surface area contributed by atoms with Gasteiger partial charge in [-0.15, -0.1) is 0 Å². The average Bonchev–Trinajstić information content (AvgIpc) is 3.16. The zero-order valence-corrected chi connectivity index (χ0v) is 11.8. The predicted octanol–water partition coefficient (Wildman–Crippen LogP) is 2.98. The molecule has 0 saturated heterocycles. The Kier molecular flexibility index (Phi) is 3.74. The lowest BCUT2D eigenvalue weighted by Gasteiger charge is -2.26. The van der Waals surface area contributed by atoms with Gasteiger partial charge in [0.1, 0.15) is 5.54 Å². The van der Waals surface area contributed by atoms with E-state index in [1.807, 2.05) is 0 Å². The second-order valence-corrected chi connectivity index (χ2v) is 5.70. The number of benzene rings is 1. The van der Waals surface area contributed by atoms with Crippen molar-refractivity contribution < 1.29 is 14.7 Å². The van der Waals surface area contributed by atoms with Crippen molar-refractivity contribution in [2.45, 2.75) is 25.3 Å². The minimum absolute atomic E-state index is 0.0353. The lowest BCUT2D eigenvalue weighted by Crippen LogP contribution is -2.54. The Morgan fingerprint density at radius 1 is 1.37 bits per heavy atom. The number of carbonyl (C=O) groups excluding carboxylic acids is 1. The van der Waals surface area contributed by atoms with Gasteiger partial charge in [-0.2, -0.15) is 0 Å². The highest BCUT2D eigenvalue weighted by Gasteiger charge is 2.48. The monoisotopic (exact) mass is 301 g/mol. The van der Waals surface area contributed by atoms with E-state index >= 15 is 0 Å². The zero-order chi connectivity index (χ0) is 14.2. The van der Waals surface area contributed by atoms with Crippen molar-refractivity contribution in [3.63, 3.8) is 0 Å². The molecule has 2 rings (SSSR count). The molecule has 1 aromatic carbocycles. The second kappa shape index (κ2) is 5.02. The molecule has 0 aliphatic heterocycles. The van der Waals surface area contributed by atoms with Crippen LogP contribution in [0.5, 0.6) is 0 Å². The van der Waals surface area contributed by atoms with Gasteiger partial charge in [0.05, 0.1) is 10.6 Å². The molecule has 1 saturated carbocycles. The van der Waals surface area contributed by atoms with Gasteiger partial charge in [-0.05, 0) is 43.9 Å². The van der Waals surface area contributed by atoms with E-state index in [1.54, 1.807) is 6.07 Å². The lowest BCUT2D eigenvalue weighted by atomic mass is 9.95. The maximum absolute atomic E-state index is 12.2. The number of carbonyl (C=O) groups is 2. The Balaban J connectivity index is 2.25. The standard InChI is InChI=1S/C13H13Cl2NO3/c1-13(12(18)19,7-2-3-7)16-11(17)9-6-8(14)4-5-10(9)15/h4-7H,2-3H2,1H3,(H,16,17)(H,18,19). The highest BCUT2D eigenvalue weighted by atomic mass is 35.5. The smallest absolute Gasteiger partial charge is 0.329 e. The normalized spacial score (nSPS) is 17.6. The number of halogens is 2. The quantitative estimate of drug-likeness (QED) is 0.898. The average molecular weight is 302 g/mol. The number of hydrogen-bond donors (Lipinski definition) is 2. The number of rotatable bonds is 4. The van der Waals surface area contributed by atoms with Gasteiger partial charge in [0.2, 0.25) is 0 Å². The van der Waals surface area contributed by atoms with Gasteiger partial charge in [0, 0.05) is 5.02 Å². The third-order valence-corrected chi connectivity index (χ3v) is 3.95. The third-order valence-electron chi connectivity index (χ3n) is 3.38. The summed E-state index contributed by atoms with van der Waals surface area (Å²) in [6, 6.07) is 4.50. The van der Waals surface area contributed by atoms with Gasteiger partial charge in [0.25, 0.3) is 5.91 Å². The van der Waals surface area contributed by atoms with E-state index in [4.69, 9.17) is 23.2 Å². The summed E-state index contributed by atoms with van der Waals surface area (Å²) in [5.41, 5.74) is -1.08. The number of carboxylic acid groups (broad SMARTS) is 1. The Bertz CT molecular complexity index is 543. The Hall–Kier alpha value is -1.26. The molecule has 102 valence electrons. The molecule has 0 radical (unpaired) electrons. The first-order valence-electron chi connectivity index (χ1n) is 5.85. The fourth-order valence-electron chi connectivity index (χ4n) is 1.97. The molecule has 4 nitrogen and oxygen atoms in total. The molecule has 6 heteroatoms. The van der Waals surface area contributed by atoms with Crippen LogP contribution in [0, 0.1) is 5.92 Å². The lowest BCUT2D eigenvalue weighted by molar-refractivity contribution is -0.144. The molecule has 0 bridgehead atoms. The number of amides is 1. The molecule has 0 spiro atoms. The van der Waals surface area contributed by atoms with Crippen LogP contribution < -0.4 is 5.32 Å². The van der Waals surface area contributed by atoms with E-state index in [-0.39, 0.29) is 16.5 Å². The molecule has 2 N–H and O–H groups in total. The van der Waals surface area contributed by atoms with Crippen LogP contribution >= 0.6 is 23.2 Å². The molecule has 0 heterocycles. The summed E-state index contributed by atoms with van der Waals surface area (Å²) in [6.45, 7) is 1.52.